The van der Waals surface area contributed by atoms with Crippen LogP contribution in [0.3, 0.4) is 0 Å². The van der Waals surface area contributed by atoms with E-state index in [9.17, 15) is 9.90 Å². The molecule has 3 aromatic rings. The zero-order chi connectivity index (χ0) is 18.0. The molecule has 0 unspecified atom stereocenters. The van der Waals surface area contributed by atoms with Crippen LogP contribution < -0.4 is 0 Å². The Balaban J connectivity index is 1.78. The van der Waals surface area contributed by atoms with Gasteiger partial charge >= 0.3 is 0 Å². The largest absolute Gasteiger partial charge is 0.493 e. The summed E-state index contributed by atoms with van der Waals surface area (Å²) in [6, 6.07) is 15.5. The van der Waals surface area contributed by atoms with Gasteiger partial charge in [0, 0.05) is 17.3 Å². The lowest BCUT2D eigenvalue weighted by Gasteiger charge is -2.06. The Morgan fingerprint density at radius 3 is 2.56 bits per heavy atom. The van der Waals surface area contributed by atoms with E-state index in [0.717, 1.165) is 15.8 Å². The number of aromatic hydroxyl groups is 1. The van der Waals surface area contributed by atoms with Gasteiger partial charge in [-0.2, -0.15) is 0 Å². The SMILES string of the molecule is Cc1ccc(S[C@H](C)C(=O)N=Nc2c(O)n(C)c3ccccc23)cc1. The van der Waals surface area contributed by atoms with Crippen LogP contribution in [0.4, 0.5) is 5.69 Å². The molecule has 0 aliphatic rings. The summed E-state index contributed by atoms with van der Waals surface area (Å²) in [5.41, 5.74) is 2.33. The second kappa shape index (κ2) is 7.11. The molecule has 0 saturated carbocycles. The quantitative estimate of drug-likeness (QED) is 0.531. The van der Waals surface area contributed by atoms with Crippen molar-refractivity contribution in [2.45, 2.75) is 24.0 Å². The Labute approximate surface area is 150 Å². The van der Waals surface area contributed by atoms with Crippen molar-refractivity contribution >= 4 is 34.3 Å². The maximum Gasteiger partial charge on any atom is 0.277 e. The number of amides is 1. The maximum absolute atomic E-state index is 12.3. The van der Waals surface area contributed by atoms with Gasteiger partial charge in [-0.3, -0.25) is 4.79 Å². The van der Waals surface area contributed by atoms with E-state index < -0.39 is 0 Å². The van der Waals surface area contributed by atoms with Crippen LogP contribution in [0.5, 0.6) is 5.88 Å². The molecule has 0 aliphatic heterocycles. The van der Waals surface area contributed by atoms with Gasteiger partial charge in [-0.05, 0) is 32.0 Å². The van der Waals surface area contributed by atoms with E-state index in [2.05, 4.69) is 10.2 Å². The minimum atomic E-state index is -0.358. The van der Waals surface area contributed by atoms with E-state index in [1.54, 1.807) is 18.5 Å². The van der Waals surface area contributed by atoms with Crippen LogP contribution in [0.2, 0.25) is 0 Å². The first kappa shape index (κ1) is 17.2. The van der Waals surface area contributed by atoms with E-state index in [4.69, 9.17) is 0 Å². The van der Waals surface area contributed by atoms with E-state index in [-0.39, 0.29) is 17.0 Å². The molecule has 6 heteroatoms. The van der Waals surface area contributed by atoms with E-state index in [1.807, 2.05) is 55.5 Å². The van der Waals surface area contributed by atoms with Crippen LogP contribution >= 0.6 is 11.8 Å². The molecule has 0 saturated heterocycles. The minimum Gasteiger partial charge on any atom is -0.493 e. The summed E-state index contributed by atoms with van der Waals surface area (Å²) in [7, 11) is 1.74. The van der Waals surface area contributed by atoms with Crippen LogP contribution in [-0.2, 0) is 11.8 Å². The average molecular weight is 353 g/mol. The lowest BCUT2D eigenvalue weighted by Crippen LogP contribution is -2.09. The van der Waals surface area contributed by atoms with Crippen molar-refractivity contribution in [1.29, 1.82) is 0 Å². The highest BCUT2D eigenvalue weighted by Gasteiger charge is 2.17. The average Bonchev–Trinajstić information content (AvgIpc) is 2.86. The topological polar surface area (TPSA) is 66.9 Å². The van der Waals surface area contributed by atoms with Gasteiger partial charge in [0.05, 0.1) is 10.8 Å². The van der Waals surface area contributed by atoms with Crippen molar-refractivity contribution in [3.05, 3.63) is 54.1 Å². The maximum atomic E-state index is 12.3. The third-order valence-corrected chi connectivity index (χ3v) is 5.08. The number of hydrogen-bond donors (Lipinski definition) is 1. The smallest absolute Gasteiger partial charge is 0.277 e. The fourth-order valence-corrected chi connectivity index (χ4v) is 3.36. The molecule has 25 heavy (non-hydrogen) atoms. The van der Waals surface area contributed by atoms with Gasteiger partial charge in [0.15, 0.2) is 5.69 Å². The predicted molar refractivity (Wildman–Crippen MR) is 101 cm³/mol. The number of carbonyl (C=O) groups is 1. The van der Waals surface area contributed by atoms with Crippen LogP contribution in [0.1, 0.15) is 12.5 Å². The summed E-state index contributed by atoms with van der Waals surface area (Å²) < 4.78 is 1.62. The zero-order valence-electron chi connectivity index (χ0n) is 14.3. The molecule has 1 aromatic heterocycles. The number of rotatable bonds is 4. The molecule has 0 bridgehead atoms. The Morgan fingerprint density at radius 2 is 1.84 bits per heavy atom. The Bertz CT molecular complexity index is 945. The summed E-state index contributed by atoms with van der Waals surface area (Å²) in [6.07, 6.45) is 0. The highest BCUT2D eigenvalue weighted by Crippen LogP contribution is 2.38. The second-order valence-electron chi connectivity index (χ2n) is 5.86. The Morgan fingerprint density at radius 1 is 1.16 bits per heavy atom. The summed E-state index contributed by atoms with van der Waals surface area (Å²) in [5, 5.41) is 18.5. The van der Waals surface area contributed by atoms with Crippen LogP contribution in [0.15, 0.2) is 63.7 Å². The van der Waals surface area contributed by atoms with E-state index in [1.165, 1.54) is 17.3 Å². The first-order chi connectivity index (χ1) is 12.0. The molecule has 0 radical (unpaired) electrons. The predicted octanol–water partition coefficient (Wildman–Crippen LogP) is 4.98. The van der Waals surface area contributed by atoms with Crippen molar-refractivity contribution in [3.8, 4) is 5.88 Å². The molecular formula is C19H19N3O2S. The summed E-state index contributed by atoms with van der Waals surface area (Å²) >= 11 is 1.44. The number of thioether (sulfide) groups is 1. The van der Waals surface area contributed by atoms with Crippen molar-refractivity contribution in [3.63, 3.8) is 0 Å². The Hall–Kier alpha value is -2.60. The van der Waals surface area contributed by atoms with Gasteiger partial charge in [-0.15, -0.1) is 22.0 Å². The number of aryl methyl sites for hydroxylation is 2. The second-order valence-corrected chi connectivity index (χ2v) is 7.27. The van der Waals surface area contributed by atoms with Gasteiger partial charge in [-0.25, -0.2) is 0 Å². The molecule has 0 spiro atoms. The molecule has 0 aliphatic carbocycles. The summed E-state index contributed by atoms with van der Waals surface area (Å²) in [6.45, 7) is 3.82. The molecule has 128 valence electrons. The minimum absolute atomic E-state index is 0.00316. The molecular weight excluding hydrogens is 334 g/mol. The molecule has 0 fully saturated rings. The number of fused-ring (bicyclic) bond motifs is 1. The fraction of sp³-hybridized carbons (Fsp3) is 0.211. The lowest BCUT2D eigenvalue weighted by molar-refractivity contribution is -0.117. The number of carbonyl (C=O) groups excluding carboxylic acids is 1. The standard InChI is InChI=1S/C19H19N3O2S/c1-12-8-10-14(11-9-12)25-13(2)18(23)21-20-17-15-6-4-5-7-16(15)22(3)19(17)24/h4-11,13,24H,1-3H3/t13-/m1/s1. The third kappa shape index (κ3) is 3.58. The van der Waals surface area contributed by atoms with Crippen LogP contribution in [0, 0.1) is 6.92 Å². The number of benzene rings is 2. The normalized spacial score (nSPS) is 12.8. The van der Waals surface area contributed by atoms with Crippen molar-refractivity contribution in [1.82, 2.24) is 4.57 Å². The monoisotopic (exact) mass is 353 g/mol. The highest BCUT2D eigenvalue weighted by molar-refractivity contribution is 8.00. The van der Waals surface area contributed by atoms with Gasteiger partial charge < -0.3 is 9.67 Å². The molecule has 2 aromatic carbocycles. The fourth-order valence-electron chi connectivity index (χ4n) is 2.51. The first-order valence-corrected chi connectivity index (χ1v) is 8.80. The van der Waals surface area contributed by atoms with E-state index >= 15 is 0 Å². The number of para-hydroxylation sites is 1. The van der Waals surface area contributed by atoms with Gasteiger partial charge in [0.1, 0.15) is 0 Å². The molecule has 1 N–H and O–H groups in total. The van der Waals surface area contributed by atoms with Crippen molar-refractivity contribution < 1.29 is 9.90 Å². The zero-order valence-corrected chi connectivity index (χ0v) is 15.1. The number of aromatic nitrogens is 1. The molecule has 3 rings (SSSR count). The number of hydrogen-bond acceptors (Lipinski definition) is 4. The van der Waals surface area contributed by atoms with E-state index in [0.29, 0.717) is 5.69 Å². The van der Waals surface area contributed by atoms with Crippen molar-refractivity contribution in [2.75, 3.05) is 0 Å². The summed E-state index contributed by atoms with van der Waals surface area (Å²) in [4.78, 5) is 13.3. The molecule has 1 amide bonds. The van der Waals surface area contributed by atoms with Gasteiger partial charge in [-0.1, -0.05) is 35.9 Å². The van der Waals surface area contributed by atoms with Crippen LogP contribution in [0.25, 0.3) is 10.9 Å². The molecule has 1 atom stereocenters. The molecule has 5 nitrogen and oxygen atoms in total. The van der Waals surface area contributed by atoms with Gasteiger partial charge in [0.2, 0.25) is 5.88 Å². The lowest BCUT2D eigenvalue weighted by atomic mass is 10.2. The van der Waals surface area contributed by atoms with Gasteiger partial charge in [0.25, 0.3) is 5.91 Å². The number of azo groups is 1. The van der Waals surface area contributed by atoms with Crippen molar-refractivity contribution in [2.24, 2.45) is 17.3 Å². The first-order valence-electron chi connectivity index (χ1n) is 7.92. The summed E-state index contributed by atoms with van der Waals surface area (Å²) in [5.74, 6) is -0.338. The Kier molecular flexibility index (Phi) is 4.90. The highest BCUT2D eigenvalue weighted by atomic mass is 32.2. The third-order valence-electron chi connectivity index (χ3n) is 3.98. The molecule has 1 heterocycles. The van der Waals surface area contributed by atoms with Crippen LogP contribution in [-0.4, -0.2) is 20.8 Å². The number of nitrogens with zero attached hydrogens (tertiary/aromatic N) is 3.